The van der Waals surface area contributed by atoms with Crippen LogP contribution in [0.1, 0.15) is 68.6 Å². The maximum Gasteiger partial charge on any atom is 0.410 e. The van der Waals surface area contributed by atoms with Crippen molar-refractivity contribution in [3.05, 3.63) is 35.2 Å². The molecular formula is C30H40N6O5S. The zero-order chi connectivity index (χ0) is 29.2. The molecule has 1 atom stereocenters. The van der Waals surface area contributed by atoms with Gasteiger partial charge >= 0.3 is 6.09 Å². The van der Waals surface area contributed by atoms with Crippen molar-refractivity contribution in [2.75, 3.05) is 61.0 Å². The molecular weight excluding hydrogens is 556 g/mol. The molecule has 1 N–H and O–H groups in total. The van der Waals surface area contributed by atoms with E-state index in [1.165, 1.54) is 24.0 Å². The van der Waals surface area contributed by atoms with E-state index in [4.69, 9.17) is 9.47 Å². The Morgan fingerprint density at radius 3 is 2.50 bits per heavy atom. The molecule has 3 saturated heterocycles. The third-order valence-electron chi connectivity index (χ3n) is 9.05. The maximum absolute atomic E-state index is 12.5. The van der Waals surface area contributed by atoms with E-state index in [0.717, 1.165) is 61.2 Å². The quantitative estimate of drug-likeness (QED) is 0.561. The van der Waals surface area contributed by atoms with Crippen LogP contribution in [0.25, 0.3) is 0 Å². The van der Waals surface area contributed by atoms with E-state index in [9.17, 15) is 13.2 Å². The molecule has 5 aliphatic rings. The number of anilines is 3. The predicted molar refractivity (Wildman–Crippen MR) is 159 cm³/mol. The minimum atomic E-state index is -3.00. The maximum atomic E-state index is 12.5. The summed E-state index contributed by atoms with van der Waals surface area (Å²) in [6.45, 7) is 10.3. The second-order valence-corrected chi connectivity index (χ2v) is 15.7. The Hall–Kier alpha value is -3.12. The first-order valence-electron chi connectivity index (χ1n) is 15.1. The molecule has 11 nitrogen and oxygen atoms in total. The van der Waals surface area contributed by atoms with Gasteiger partial charge in [-0.25, -0.2) is 23.2 Å². The van der Waals surface area contributed by atoms with Crippen LogP contribution in [-0.4, -0.2) is 96.7 Å². The number of nitrogens with zero attached hydrogens (tertiary/aromatic N) is 5. The number of sulfone groups is 1. The van der Waals surface area contributed by atoms with Gasteiger partial charge < -0.3 is 24.6 Å². The largest absolute Gasteiger partial charge is 0.486 e. The first-order chi connectivity index (χ1) is 20.0. The smallest absolute Gasteiger partial charge is 0.410 e. The van der Waals surface area contributed by atoms with Gasteiger partial charge in [0.25, 0.3) is 0 Å². The molecule has 1 saturated carbocycles. The summed E-state index contributed by atoms with van der Waals surface area (Å²) in [6.07, 6.45) is 4.64. The van der Waals surface area contributed by atoms with Crippen molar-refractivity contribution < 1.29 is 22.7 Å². The van der Waals surface area contributed by atoms with Crippen molar-refractivity contribution in [2.24, 2.45) is 0 Å². The van der Waals surface area contributed by atoms with Gasteiger partial charge in [0.05, 0.1) is 22.8 Å². The van der Waals surface area contributed by atoms with Crippen LogP contribution in [0.15, 0.2) is 18.5 Å². The number of ether oxygens (including phenoxy) is 2. The van der Waals surface area contributed by atoms with Crippen molar-refractivity contribution in [1.29, 1.82) is 0 Å². The molecule has 0 unspecified atom stereocenters. The van der Waals surface area contributed by atoms with E-state index < -0.39 is 15.4 Å². The van der Waals surface area contributed by atoms with Crippen LogP contribution >= 0.6 is 0 Å². The zero-order valence-corrected chi connectivity index (χ0v) is 25.5. The van der Waals surface area contributed by atoms with E-state index in [-0.39, 0.29) is 17.6 Å². The second-order valence-electron chi connectivity index (χ2n) is 13.4. The van der Waals surface area contributed by atoms with Crippen molar-refractivity contribution in [1.82, 2.24) is 19.8 Å². The van der Waals surface area contributed by atoms with Gasteiger partial charge in [-0.1, -0.05) is 6.07 Å². The number of benzene rings is 1. The normalized spacial score (nSPS) is 24.1. The topological polar surface area (TPSA) is 117 Å². The minimum absolute atomic E-state index is 0.133. The summed E-state index contributed by atoms with van der Waals surface area (Å²) >= 11 is 0. The van der Waals surface area contributed by atoms with Crippen LogP contribution in [0.2, 0.25) is 0 Å². The summed E-state index contributed by atoms with van der Waals surface area (Å²) in [5, 5.41) is 3.58. The highest BCUT2D eigenvalue weighted by atomic mass is 32.2. The number of amides is 1. The van der Waals surface area contributed by atoms with Gasteiger partial charge in [-0.05, 0) is 63.1 Å². The SMILES string of the molecule is CC(C)(C)OC(=O)N1CC[C@@H](N2CC(c3cc4c(c(C5CC5)c3)OCc3c(ncnc3N3CCS(=O)(=O)CC3)N4)C2)C1. The number of likely N-dealkylation sites (tertiary alicyclic amines) is 2. The molecule has 0 radical (unpaired) electrons. The van der Waals surface area contributed by atoms with Gasteiger partial charge in [0.2, 0.25) is 0 Å². The fourth-order valence-corrected chi connectivity index (χ4v) is 7.73. The zero-order valence-electron chi connectivity index (χ0n) is 24.6. The molecule has 4 fully saturated rings. The number of carbonyl (C=O) groups is 1. The minimum Gasteiger partial charge on any atom is -0.486 e. The highest BCUT2D eigenvalue weighted by Crippen LogP contribution is 2.50. The molecule has 7 rings (SSSR count). The van der Waals surface area contributed by atoms with Gasteiger partial charge in [0.15, 0.2) is 9.84 Å². The summed E-state index contributed by atoms with van der Waals surface area (Å²) in [5.74, 6) is 3.55. The first-order valence-corrected chi connectivity index (χ1v) is 16.9. The number of hydrogen-bond acceptors (Lipinski definition) is 10. The molecule has 2 aromatic rings. The standard InChI is InChI=1S/C30H40N6O5S/c1-30(2,3)41-29(37)35-7-6-22(16-35)36-14-21(15-36)20-12-23(19-4-5-19)26-25(13-20)33-27-24(17-40-26)28(32-18-31-27)34-8-10-42(38,39)11-9-34/h12-13,18-19,21-22H,4-11,14-17H2,1-3H3,(H,31,32,33)/t22-/m1/s1. The summed E-state index contributed by atoms with van der Waals surface area (Å²) in [7, 11) is -3.00. The van der Waals surface area contributed by atoms with E-state index >= 15 is 0 Å². The first kappa shape index (κ1) is 27.7. The van der Waals surface area contributed by atoms with Crippen molar-refractivity contribution in [3.63, 3.8) is 0 Å². The molecule has 1 aromatic carbocycles. The third kappa shape index (κ3) is 5.50. The molecule has 12 heteroatoms. The lowest BCUT2D eigenvalue weighted by molar-refractivity contribution is 0.0260. The van der Waals surface area contributed by atoms with Crippen molar-refractivity contribution in [3.8, 4) is 5.75 Å². The van der Waals surface area contributed by atoms with Crippen LogP contribution < -0.4 is 15.0 Å². The fraction of sp³-hybridized carbons (Fsp3) is 0.633. The fourth-order valence-electron chi connectivity index (χ4n) is 6.53. The molecule has 42 heavy (non-hydrogen) atoms. The Balaban J connectivity index is 1.07. The Labute approximate surface area is 247 Å². The number of carbonyl (C=O) groups excluding carboxylic acids is 1. The highest BCUT2D eigenvalue weighted by molar-refractivity contribution is 7.91. The molecule has 4 aliphatic heterocycles. The van der Waals surface area contributed by atoms with E-state index in [1.807, 2.05) is 30.6 Å². The van der Waals surface area contributed by atoms with Crippen LogP contribution in [0.5, 0.6) is 5.75 Å². The summed E-state index contributed by atoms with van der Waals surface area (Å²) in [6, 6.07) is 4.93. The molecule has 0 spiro atoms. The summed E-state index contributed by atoms with van der Waals surface area (Å²) < 4.78 is 36.1. The number of hydrogen-bond donors (Lipinski definition) is 1. The average Bonchev–Trinajstić information content (AvgIpc) is 3.66. The number of aromatic nitrogens is 2. The van der Waals surface area contributed by atoms with Crippen molar-refractivity contribution >= 4 is 33.3 Å². The summed E-state index contributed by atoms with van der Waals surface area (Å²) in [4.78, 5) is 28.0. The Kier molecular flexibility index (Phi) is 6.76. The van der Waals surface area contributed by atoms with E-state index in [0.29, 0.717) is 37.6 Å². The van der Waals surface area contributed by atoms with Gasteiger partial charge in [-0.15, -0.1) is 0 Å². The van der Waals surface area contributed by atoms with Crippen LogP contribution in [0.4, 0.5) is 22.1 Å². The Morgan fingerprint density at radius 1 is 1.02 bits per heavy atom. The number of rotatable bonds is 4. The number of nitrogens with one attached hydrogen (secondary N) is 1. The molecule has 5 heterocycles. The van der Waals surface area contributed by atoms with Crippen LogP contribution in [0.3, 0.4) is 0 Å². The molecule has 1 aliphatic carbocycles. The van der Waals surface area contributed by atoms with Gasteiger partial charge in [0, 0.05) is 51.2 Å². The van der Waals surface area contributed by atoms with Gasteiger partial charge in [-0.3, -0.25) is 4.90 Å². The van der Waals surface area contributed by atoms with Crippen LogP contribution in [-0.2, 0) is 21.2 Å². The monoisotopic (exact) mass is 596 g/mol. The molecule has 1 amide bonds. The molecule has 1 aromatic heterocycles. The lowest BCUT2D eigenvalue weighted by Gasteiger charge is -2.43. The molecule has 0 bridgehead atoms. The Bertz CT molecular complexity index is 1480. The lowest BCUT2D eigenvalue weighted by Crippen LogP contribution is -2.52. The third-order valence-corrected chi connectivity index (χ3v) is 10.7. The van der Waals surface area contributed by atoms with Gasteiger partial charge in [-0.2, -0.15) is 0 Å². The highest BCUT2D eigenvalue weighted by Gasteiger charge is 2.40. The van der Waals surface area contributed by atoms with Gasteiger partial charge in [0.1, 0.15) is 35.9 Å². The predicted octanol–water partition coefficient (Wildman–Crippen LogP) is 3.63. The van der Waals surface area contributed by atoms with Crippen LogP contribution in [0, 0.1) is 0 Å². The Morgan fingerprint density at radius 2 is 1.79 bits per heavy atom. The van der Waals surface area contributed by atoms with E-state index in [1.54, 1.807) is 6.33 Å². The molecule has 226 valence electrons. The van der Waals surface area contributed by atoms with Crippen molar-refractivity contribution in [2.45, 2.75) is 70.1 Å². The lowest BCUT2D eigenvalue weighted by atomic mass is 9.87. The second kappa shape index (κ2) is 10.3. The van der Waals surface area contributed by atoms with E-state index in [2.05, 4.69) is 32.3 Å². The number of fused-ring (bicyclic) bond motifs is 2. The average molecular weight is 597 g/mol. The summed E-state index contributed by atoms with van der Waals surface area (Å²) in [5.41, 5.74) is 3.89.